The van der Waals surface area contributed by atoms with Crippen LogP contribution in [0.3, 0.4) is 0 Å². The minimum absolute atomic E-state index is 0.0763. The van der Waals surface area contributed by atoms with Crippen molar-refractivity contribution in [2.24, 2.45) is 0 Å². The lowest BCUT2D eigenvalue weighted by molar-refractivity contribution is 0.660. The third-order valence-corrected chi connectivity index (χ3v) is 12.9. The summed E-state index contributed by atoms with van der Waals surface area (Å²) in [5, 5.41) is 2.36. The zero-order valence-electron chi connectivity index (χ0n) is 32.1. The Kier molecular flexibility index (Phi) is 8.02. The number of aromatic nitrogens is 3. The van der Waals surface area contributed by atoms with Crippen LogP contribution in [0.15, 0.2) is 188 Å². The fourth-order valence-corrected chi connectivity index (χ4v) is 9.98. The lowest BCUT2D eigenvalue weighted by Gasteiger charge is -2.21. The lowest BCUT2D eigenvalue weighted by atomic mass is 9.82. The molecule has 0 atom stereocenters. The van der Waals surface area contributed by atoms with Gasteiger partial charge in [-0.15, -0.1) is 11.3 Å². The van der Waals surface area contributed by atoms with Gasteiger partial charge in [-0.3, -0.25) is 0 Å². The third kappa shape index (κ3) is 5.68. The minimum atomic E-state index is -0.0763. The molecule has 274 valence electrons. The van der Waals surface area contributed by atoms with Crippen molar-refractivity contribution in [3.8, 4) is 78.7 Å². The van der Waals surface area contributed by atoms with Gasteiger partial charge in [0.05, 0.1) is 0 Å². The summed E-state index contributed by atoms with van der Waals surface area (Å²) >= 11 is 1.81. The van der Waals surface area contributed by atoms with E-state index in [0.717, 1.165) is 27.6 Å². The first kappa shape index (κ1) is 34.3. The van der Waals surface area contributed by atoms with Crippen molar-refractivity contribution in [3.63, 3.8) is 0 Å². The highest BCUT2D eigenvalue weighted by atomic mass is 32.1. The summed E-state index contributed by atoms with van der Waals surface area (Å²) in [6.45, 7) is 4.66. The average Bonchev–Trinajstić information content (AvgIpc) is 3.78. The molecule has 0 spiro atoms. The second-order valence-corrected chi connectivity index (χ2v) is 16.7. The van der Waals surface area contributed by atoms with Gasteiger partial charge in [0.1, 0.15) is 0 Å². The second kappa shape index (κ2) is 13.6. The molecule has 11 rings (SSSR count). The third-order valence-electron chi connectivity index (χ3n) is 11.7. The molecule has 58 heavy (non-hydrogen) atoms. The molecule has 0 saturated carbocycles. The summed E-state index contributed by atoms with van der Waals surface area (Å²) in [4.78, 5) is 15.7. The molecule has 1 aliphatic carbocycles. The van der Waals surface area contributed by atoms with Crippen LogP contribution in [0, 0.1) is 0 Å². The number of benzene rings is 8. The van der Waals surface area contributed by atoms with Gasteiger partial charge in [0.2, 0.25) is 0 Å². The van der Waals surface area contributed by atoms with Crippen molar-refractivity contribution in [1.29, 1.82) is 0 Å². The van der Waals surface area contributed by atoms with Crippen molar-refractivity contribution in [1.82, 2.24) is 15.0 Å². The van der Waals surface area contributed by atoms with Crippen molar-refractivity contribution < 1.29 is 0 Å². The first-order valence-corrected chi connectivity index (χ1v) is 20.6. The minimum Gasteiger partial charge on any atom is -0.208 e. The molecule has 0 radical (unpaired) electrons. The van der Waals surface area contributed by atoms with E-state index in [1.165, 1.54) is 64.9 Å². The molecule has 0 unspecified atom stereocenters. The maximum Gasteiger partial charge on any atom is 0.164 e. The van der Waals surface area contributed by atoms with Crippen LogP contribution >= 0.6 is 11.3 Å². The highest BCUT2D eigenvalue weighted by Gasteiger charge is 2.36. The first-order valence-electron chi connectivity index (χ1n) is 19.8. The molecule has 10 aromatic rings. The van der Waals surface area contributed by atoms with Gasteiger partial charge >= 0.3 is 0 Å². The molecular formula is C54H37N3S. The molecule has 0 bridgehead atoms. The molecule has 2 heterocycles. The van der Waals surface area contributed by atoms with Gasteiger partial charge in [-0.05, 0) is 86.0 Å². The molecule has 1 aliphatic rings. The topological polar surface area (TPSA) is 38.7 Å². The molecule has 3 nitrogen and oxygen atoms in total. The van der Waals surface area contributed by atoms with Crippen molar-refractivity contribution in [2.45, 2.75) is 19.3 Å². The zero-order valence-corrected chi connectivity index (χ0v) is 33.0. The molecule has 0 N–H and O–H groups in total. The number of rotatable bonds is 6. The molecular weight excluding hydrogens is 723 g/mol. The molecule has 8 aromatic carbocycles. The predicted octanol–water partition coefficient (Wildman–Crippen LogP) is 14.5. The van der Waals surface area contributed by atoms with Crippen LogP contribution in [0.25, 0.3) is 98.8 Å². The van der Waals surface area contributed by atoms with E-state index in [0.29, 0.717) is 17.5 Å². The molecule has 0 amide bonds. The van der Waals surface area contributed by atoms with Crippen LogP contribution in [0.1, 0.15) is 25.0 Å². The van der Waals surface area contributed by atoms with E-state index in [-0.39, 0.29) is 5.41 Å². The van der Waals surface area contributed by atoms with Crippen LogP contribution in [0.5, 0.6) is 0 Å². The number of nitrogens with zero attached hydrogens (tertiary/aromatic N) is 3. The van der Waals surface area contributed by atoms with Crippen LogP contribution in [-0.4, -0.2) is 15.0 Å². The van der Waals surface area contributed by atoms with Crippen LogP contribution < -0.4 is 0 Å². The maximum absolute atomic E-state index is 5.31. The second-order valence-electron chi connectivity index (χ2n) is 15.6. The number of hydrogen-bond acceptors (Lipinski definition) is 4. The predicted molar refractivity (Wildman–Crippen MR) is 243 cm³/mol. The molecule has 0 aliphatic heterocycles. The Balaban J connectivity index is 1.07. The summed E-state index contributed by atoms with van der Waals surface area (Å²) in [5.74, 6) is 1.96. The number of hydrogen-bond donors (Lipinski definition) is 0. The van der Waals surface area contributed by atoms with E-state index in [1.807, 2.05) is 29.5 Å². The van der Waals surface area contributed by atoms with Gasteiger partial charge in [0.15, 0.2) is 17.5 Å². The summed E-state index contributed by atoms with van der Waals surface area (Å²) in [5.41, 5.74) is 15.3. The Labute approximate surface area is 342 Å². The van der Waals surface area contributed by atoms with Crippen LogP contribution in [0.2, 0.25) is 0 Å². The molecule has 2 aromatic heterocycles. The largest absolute Gasteiger partial charge is 0.208 e. The Morgan fingerprint density at radius 1 is 0.362 bits per heavy atom. The quantitative estimate of drug-likeness (QED) is 0.169. The fourth-order valence-electron chi connectivity index (χ4n) is 8.86. The lowest BCUT2D eigenvalue weighted by Crippen LogP contribution is -2.14. The molecule has 0 saturated heterocycles. The van der Waals surface area contributed by atoms with E-state index < -0.39 is 0 Å². The van der Waals surface area contributed by atoms with Gasteiger partial charge in [-0.25, -0.2) is 15.0 Å². The first-order chi connectivity index (χ1) is 28.5. The fraction of sp³-hybridized carbons (Fsp3) is 0.0556. The highest BCUT2D eigenvalue weighted by molar-refractivity contribution is 7.26. The Morgan fingerprint density at radius 2 is 0.897 bits per heavy atom. The Hall–Kier alpha value is -7.01. The Morgan fingerprint density at radius 3 is 1.71 bits per heavy atom. The van der Waals surface area contributed by atoms with Gasteiger partial charge in [-0.2, -0.15) is 0 Å². The van der Waals surface area contributed by atoms with Crippen molar-refractivity contribution in [3.05, 3.63) is 199 Å². The highest BCUT2D eigenvalue weighted by Crippen LogP contribution is 2.52. The summed E-state index contributed by atoms with van der Waals surface area (Å²) in [6.07, 6.45) is 0. The molecule has 4 heteroatoms. The van der Waals surface area contributed by atoms with Crippen molar-refractivity contribution >= 4 is 31.5 Å². The van der Waals surface area contributed by atoms with E-state index in [2.05, 4.69) is 184 Å². The van der Waals surface area contributed by atoms with E-state index in [1.54, 1.807) is 0 Å². The number of thiophene rings is 1. The molecule has 0 fully saturated rings. The normalized spacial score (nSPS) is 12.8. The van der Waals surface area contributed by atoms with E-state index in [4.69, 9.17) is 15.0 Å². The SMILES string of the molecule is CC1(C)c2ccccc2-c2c(-c3cccc(-c4nc(-c5ccccc5)nc(-c5cccc6sc7ccc(-c8cccc(-c9ccccc9)c8)cc7c56)n4)c3)cccc21. The van der Waals surface area contributed by atoms with Gasteiger partial charge < -0.3 is 0 Å². The van der Waals surface area contributed by atoms with Gasteiger partial charge in [0.25, 0.3) is 0 Å². The summed E-state index contributed by atoms with van der Waals surface area (Å²) < 4.78 is 2.44. The van der Waals surface area contributed by atoms with Crippen molar-refractivity contribution in [2.75, 3.05) is 0 Å². The maximum atomic E-state index is 5.31. The monoisotopic (exact) mass is 759 g/mol. The van der Waals surface area contributed by atoms with Gasteiger partial charge in [-0.1, -0.05) is 172 Å². The van der Waals surface area contributed by atoms with E-state index >= 15 is 0 Å². The standard InChI is InChI=1S/C54H37N3S/c1-54(2)45-26-10-9-23-42(45)49-41(24-13-27-46(49)54)39-21-12-22-40(32-39)52-55-51(35-17-7-4-8-18-35)56-53(57-52)43-25-14-28-48-50(43)44-33-38(29-30-47(44)58-48)37-20-11-19-36(31-37)34-15-5-3-6-16-34/h3-33H,1-2H3. The summed E-state index contributed by atoms with van der Waals surface area (Å²) in [7, 11) is 0. The smallest absolute Gasteiger partial charge is 0.164 e. The number of fused-ring (bicyclic) bond motifs is 6. The van der Waals surface area contributed by atoms with Crippen LogP contribution in [0.4, 0.5) is 0 Å². The van der Waals surface area contributed by atoms with Gasteiger partial charge in [0, 0.05) is 42.3 Å². The van der Waals surface area contributed by atoms with E-state index in [9.17, 15) is 0 Å². The zero-order chi connectivity index (χ0) is 38.8. The average molecular weight is 760 g/mol. The van der Waals surface area contributed by atoms with Crippen LogP contribution in [-0.2, 0) is 5.41 Å². The Bertz CT molecular complexity index is 3200. The summed E-state index contributed by atoms with van der Waals surface area (Å²) in [6, 6.07) is 67.2.